The Morgan fingerprint density at radius 1 is 1.47 bits per heavy atom. The van der Waals surface area contributed by atoms with Crippen molar-refractivity contribution in [2.24, 2.45) is 5.92 Å². The lowest BCUT2D eigenvalue weighted by Crippen LogP contribution is -2.56. The highest BCUT2D eigenvalue weighted by Crippen LogP contribution is 2.24. The second-order valence-corrected chi connectivity index (χ2v) is 6.14. The van der Waals surface area contributed by atoms with Crippen molar-refractivity contribution in [3.63, 3.8) is 0 Å². The van der Waals surface area contributed by atoms with E-state index in [9.17, 15) is 4.39 Å². The standard InChI is InChI=1S/C15H22ClFN2/c1-10(2)14-7-18-11(3)8-19(14)9-12-5-4-6-13(17)15(12)16/h4-6,10-11,14,18H,7-9H2,1-3H3. The fraction of sp³-hybridized carbons (Fsp3) is 0.600. The minimum Gasteiger partial charge on any atom is -0.311 e. The zero-order valence-electron chi connectivity index (χ0n) is 11.8. The maximum absolute atomic E-state index is 13.5. The van der Waals surface area contributed by atoms with Crippen molar-refractivity contribution in [2.75, 3.05) is 13.1 Å². The van der Waals surface area contributed by atoms with Crippen LogP contribution in [0.25, 0.3) is 0 Å². The number of nitrogens with zero attached hydrogens (tertiary/aromatic N) is 1. The van der Waals surface area contributed by atoms with Gasteiger partial charge in [0.2, 0.25) is 0 Å². The van der Waals surface area contributed by atoms with E-state index in [1.54, 1.807) is 6.07 Å². The Labute approximate surface area is 119 Å². The van der Waals surface area contributed by atoms with E-state index in [-0.39, 0.29) is 10.8 Å². The van der Waals surface area contributed by atoms with Crippen LogP contribution in [0.4, 0.5) is 4.39 Å². The van der Waals surface area contributed by atoms with Gasteiger partial charge in [-0.25, -0.2) is 4.39 Å². The molecular formula is C15H22ClFN2. The van der Waals surface area contributed by atoms with Crippen LogP contribution in [0.2, 0.25) is 5.02 Å². The minimum atomic E-state index is -0.330. The van der Waals surface area contributed by atoms with Crippen LogP contribution in [-0.4, -0.2) is 30.1 Å². The van der Waals surface area contributed by atoms with Crippen LogP contribution in [0.5, 0.6) is 0 Å². The van der Waals surface area contributed by atoms with Gasteiger partial charge in [0.15, 0.2) is 0 Å². The lowest BCUT2D eigenvalue weighted by molar-refractivity contribution is 0.0955. The van der Waals surface area contributed by atoms with Crippen LogP contribution in [0, 0.1) is 11.7 Å². The molecule has 1 aliphatic heterocycles. The molecule has 0 amide bonds. The van der Waals surface area contributed by atoms with E-state index in [1.165, 1.54) is 6.07 Å². The smallest absolute Gasteiger partial charge is 0.142 e. The molecule has 2 rings (SSSR count). The summed E-state index contributed by atoms with van der Waals surface area (Å²) in [7, 11) is 0. The molecule has 0 spiro atoms. The average Bonchev–Trinajstić information content (AvgIpc) is 2.35. The van der Waals surface area contributed by atoms with Gasteiger partial charge in [0.25, 0.3) is 0 Å². The van der Waals surface area contributed by atoms with E-state index in [0.717, 1.165) is 18.7 Å². The number of benzene rings is 1. The number of halogens is 2. The molecule has 1 fully saturated rings. The molecule has 0 aromatic heterocycles. The van der Waals surface area contributed by atoms with Gasteiger partial charge in [-0.2, -0.15) is 0 Å². The van der Waals surface area contributed by atoms with Gasteiger partial charge in [0, 0.05) is 31.7 Å². The van der Waals surface area contributed by atoms with Gasteiger partial charge in [0.1, 0.15) is 5.82 Å². The number of piperazine rings is 1. The summed E-state index contributed by atoms with van der Waals surface area (Å²) in [5.41, 5.74) is 0.876. The Morgan fingerprint density at radius 3 is 2.89 bits per heavy atom. The van der Waals surface area contributed by atoms with Crippen molar-refractivity contribution in [1.29, 1.82) is 0 Å². The second kappa shape index (κ2) is 6.21. The van der Waals surface area contributed by atoms with Crippen LogP contribution < -0.4 is 5.32 Å². The van der Waals surface area contributed by atoms with Gasteiger partial charge in [-0.05, 0) is 24.5 Å². The zero-order valence-corrected chi connectivity index (χ0v) is 12.5. The number of nitrogens with one attached hydrogen (secondary N) is 1. The summed E-state index contributed by atoms with van der Waals surface area (Å²) in [4.78, 5) is 2.41. The van der Waals surface area contributed by atoms with Crippen molar-refractivity contribution in [1.82, 2.24) is 10.2 Å². The Hall–Kier alpha value is -0.640. The third-order valence-electron chi connectivity index (χ3n) is 3.83. The fourth-order valence-corrected chi connectivity index (χ4v) is 2.92. The zero-order chi connectivity index (χ0) is 14.0. The van der Waals surface area contributed by atoms with Crippen molar-refractivity contribution in [3.05, 3.63) is 34.6 Å². The van der Waals surface area contributed by atoms with E-state index in [2.05, 4.69) is 31.0 Å². The van der Waals surface area contributed by atoms with Gasteiger partial charge in [0.05, 0.1) is 5.02 Å². The van der Waals surface area contributed by atoms with E-state index < -0.39 is 0 Å². The van der Waals surface area contributed by atoms with E-state index in [0.29, 0.717) is 24.5 Å². The highest BCUT2D eigenvalue weighted by atomic mass is 35.5. The molecule has 1 saturated heterocycles. The summed E-state index contributed by atoms with van der Waals surface area (Å²) in [5.74, 6) is 0.232. The van der Waals surface area contributed by atoms with Gasteiger partial charge in [-0.1, -0.05) is 37.6 Å². The molecule has 19 heavy (non-hydrogen) atoms. The van der Waals surface area contributed by atoms with Gasteiger partial charge >= 0.3 is 0 Å². The normalized spacial score (nSPS) is 24.9. The summed E-state index contributed by atoms with van der Waals surface area (Å²) >= 11 is 6.06. The first kappa shape index (κ1) is 14.8. The Balaban J connectivity index is 2.16. The molecule has 1 N–H and O–H groups in total. The summed E-state index contributed by atoms with van der Waals surface area (Å²) in [6.45, 7) is 9.29. The average molecular weight is 285 g/mol. The van der Waals surface area contributed by atoms with E-state index >= 15 is 0 Å². The van der Waals surface area contributed by atoms with E-state index in [4.69, 9.17) is 11.6 Å². The third kappa shape index (κ3) is 3.47. The monoisotopic (exact) mass is 284 g/mol. The number of rotatable bonds is 3. The van der Waals surface area contributed by atoms with Crippen molar-refractivity contribution in [2.45, 2.75) is 39.4 Å². The number of hydrogen-bond donors (Lipinski definition) is 1. The van der Waals surface area contributed by atoms with E-state index in [1.807, 2.05) is 6.07 Å². The first-order valence-corrected chi connectivity index (χ1v) is 7.27. The summed E-state index contributed by atoms with van der Waals surface area (Å²) in [6.07, 6.45) is 0. The quantitative estimate of drug-likeness (QED) is 0.916. The van der Waals surface area contributed by atoms with Crippen LogP contribution in [0.1, 0.15) is 26.3 Å². The molecule has 4 heteroatoms. The van der Waals surface area contributed by atoms with Crippen LogP contribution in [-0.2, 0) is 6.54 Å². The number of hydrogen-bond acceptors (Lipinski definition) is 2. The Kier molecular flexibility index (Phi) is 4.82. The molecule has 2 unspecified atom stereocenters. The Morgan fingerprint density at radius 2 is 2.21 bits per heavy atom. The molecule has 0 bridgehead atoms. The maximum Gasteiger partial charge on any atom is 0.142 e. The van der Waals surface area contributed by atoms with Crippen LogP contribution >= 0.6 is 11.6 Å². The van der Waals surface area contributed by atoms with Crippen LogP contribution in [0.15, 0.2) is 18.2 Å². The summed E-state index contributed by atoms with van der Waals surface area (Å²) in [6, 6.07) is 5.98. The SMILES string of the molecule is CC1CN(Cc2cccc(F)c2Cl)C(C(C)C)CN1. The lowest BCUT2D eigenvalue weighted by Gasteiger charge is -2.41. The molecule has 2 atom stereocenters. The molecule has 0 saturated carbocycles. The molecule has 1 aliphatic rings. The van der Waals surface area contributed by atoms with Gasteiger partial charge < -0.3 is 5.32 Å². The Bertz CT molecular complexity index is 436. The molecular weight excluding hydrogens is 263 g/mol. The van der Waals surface area contributed by atoms with Crippen molar-refractivity contribution in [3.8, 4) is 0 Å². The highest BCUT2D eigenvalue weighted by Gasteiger charge is 2.28. The maximum atomic E-state index is 13.5. The largest absolute Gasteiger partial charge is 0.311 e. The summed E-state index contributed by atoms with van der Waals surface area (Å²) in [5, 5.41) is 3.77. The summed E-state index contributed by atoms with van der Waals surface area (Å²) < 4.78 is 13.5. The first-order chi connectivity index (χ1) is 8.99. The molecule has 1 aromatic carbocycles. The van der Waals surface area contributed by atoms with Gasteiger partial charge in [-0.3, -0.25) is 4.90 Å². The third-order valence-corrected chi connectivity index (χ3v) is 4.25. The molecule has 2 nitrogen and oxygen atoms in total. The van der Waals surface area contributed by atoms with Crippen molar-refractivity contribution >= 4 is 11.6 Å². The molecule has 1 heterocycles. The van der Waals surface area contributed by atoms with Crippen molar-refractivity contribution < 1.29 is 4.39 Å². The fourth-order valence-electron chi connectivity index (χ4n) is 2.73. The first-order valence-electron chi connectivity index (χ1n) is 6.89. The predicted octanol–water partition coefficient (Wildman–Crippen LogP) is 3.30. The minimum absolute atomic E-state index is 0.260. The second-order valence-electron chi connectivity index (χ2n) is 5.76. The topological polar surface area (TPSA) is 15.3 Å². The molecule has 106 valence electrons. The molecule has 0 radical (unpaired) electrons. The lowest BCUT2D eigenvalue weighted by atomic mass is 9.98. The van der Waals surface area contributed by atoms with Gasteiger partial charge in [-0.15, -0.1) is 0 Å². The highest BCUT2D eigenvalue weighted by molar-refractivity contribution is 6.31. The molecule has 1 aromatic rings. The van der Waals surface area contributed by atoms with Crippen LogP contribution in [0.3, 0.4) is 0 Å². The molecule has 0 aliphatic carbocycles. The predicted molar refractivity (Wildman–Crippen MR) is 77.9 cm³/mol.